The lowest BCUT2D eigenvalue weighted by molar-refractivity contribution is 0.627. The second kappa shape index (κ2) is 4.89. The fraction of sp³-hybridized carbons (Fsp3) is 0.154. The van der Waals surface area contributed by atoms with Crippen molar-refractivity contribution >= 4 is 5.95 Å². The van der Waals surface area contributed by atoms with E-state index >= 15 is 0 Å². The smallest absolute Gasteiger partial charge is 0.257 e. The molecule has 106 valence electrons. The van der Waals surface area contributed by atoms with E-state index in [0.717, 1.165) is 11.1 Å². The van der Waals surface area contributed by atoms with E-state index in [1.165, 1.54) is 23.4 Å². The van der Waals surface area contributed by atoms with Crippen LogP contribution in [-0.4, -0.2) is 29.7 Å². The molecule has 2 aromatic heterocycles. The van der Waals surface area contributed by atoms with Crippen LogP contribution in [0.25, 0.3) is 17.3 Å². The van der Waals surface area contributed by atoms with Gasteiger partial charge in [0, 0.05) is 0 Å². The van der Waals surface area contributed by atoms with Gasteiger partial charge in [0.1, 0.15) is 18.5 Å². The monoisotopic (exact) mass is 285 g/mol. The molecule has 3 rings (SSSR count). The third-order valence-corrected chi connectivity index (χ3v) is 2.92. The van der Waals surface area contributed by atoms with Crippen LogP contribution in [0, 0.1) is 19.7 Å². The number of nitrogens with zero attached hydrogens (tertiary/aromatic N) is 6. The van der Waals surface area contributed by atoms with E-state index in [1.54, 1.807) is 6.92 Å². The van der Waals surface area contributed by atoms with Crippen molar-refractivity contribution in [3.63, 3.8) is 0 Å². The van der Waals surface area contributed by atoms with Crippen molar-refractivity contribution in [1.29, 1.82) is 0 Å². The van der Waals surface area contributed by atoms with Crippen molar-refractivity contribution in [1.82, 2.24) is 29.7 Å². The van der Waals surface area contributed by atoms with E-state index in [1.807, 2.05) is 13.0 Å². The average Bonchev–Trinajstić information content (AvgIpc) is 2.90. The standard InChI is InChI=1S/C13H12FN7/c1-7-3-8(2)10(9(14)4-7)11-18-12(15)20-13(19-11)21-6-16-5-17-21/h3-6H,1-2H3,(H2,15,18,19,20). The van der Waals surface area contributed by atoms with Gasteiger partial charge in [-0.2, -0.15) is 24.7 Å². The molecule has 8 heteroatoms. The number of hydrogen-bond acceptors (Lipinski definition) is 6. The van der Waals surface area contributed by atoms with Gasteiger partial charge in [0.05, 0.1) is 5.56 Å². The van der Waals surface area contributed by atoms with Gasteiger partial charge in [0.2, 0.25) is 5.95 Å². The second-order valence-corrected chi connectivity index (χ2v) is 4.60. The molecule has 2 N–H and O–H groups in total. The van der Waals surface area contributed by atoms with Crippen molar-refractivity contribution in [3.05, 3.63) is 41.7 Å². The maximum Gasteiger partial charge on any atom is 0.257 e. The van der Waals surface area contributed by atoms with Crippen LogP contribution in [0.5, 0.6) is 0 Å². The highest BCUT2D eigenvalue weighted by Crippen LogP contribution is 2.25. The first kappa shape index (κ1) is 13.1. The Morgan fingerprint density at radius 1 is 1.14 bits per heavy atom. The molecule has 2 heterocycles. The van der Waals surface area contributed by atoms with Gasteiger partial charge in [-0.1, -0.05) is 6.07 Å². The summed E-state index contributed by atoms with van der Waals surface area (Å²) in [5.74, 6) is -0.0510. The number of nitrogens with two attached hydrogens (primary N) is 1. The number of anilines is 1. The predicted molar refractivity (Wildman–Crippen MR) is 74.0 cm³/mol. The summed E-state index contributed by atoms with van der Waals surface area (Å²) in [4.78, 5) is 16.0. The van der Waals surface area contributed by atoms with Crippen LogP contribution in [0.3, 0.4) is 0 Å². The van der Waals surface area contributed by atoms with Crippen LogP contribution in [-0.2, 0) is 0 Å². The summed E-state index contributed by atoms with van der Waals surface area (Å²) in [7, 11) is 0. The zero-order chi connectivity index (χ0) is 15.0. The second-order valence-electron chi connectivity index (χ2n) is 4.60. The largest absolute Gasteiger partial charge is 0.368 e. The molecule has 0 saturated heterocycles. The average molecular weight is 285 g/mol. The minimum Gasteiger partial charge on any atom is -0.368 e. The highest BCUT2D eigenvalue weighted by Gasteiger charge is 2.15. The minimum atomic E-state index is -0.400. The number of halogens is 1. The van der Waals surface area contributed by atoms with E-state index < -0.39 is 5.82 Å². The molecule has 0 aliphatic heterocycles. The number of hydrogen-bond donors (Lipinski definition) is 1. The Bertz CT molecular complexity index is 775. The molecule has 1 aromatic carbocycles. The first-order valence-corrected chi connectivity index (χ1v) is 6.18. The Hall–Kier alpha value is -2.90. The molecule has 0 atom stereocenters. The Labute approximate surface area is 119 Å². The van der Waals surface area contributed by atoms with Crippen LogP contribution in [0.1, 0.15) is 11.1 Å². The lowest BCUT2D eigenvalue weighted by Gasteiger charge is -2.09. The Morgan fingerprint density at radius 2 is 1.95 bits per heavy atom. The molecule has 0 radical (unpaired) electrons. The van der Waals surface area contributed by atoms with E-state index in [2.05, 4.69) is 25.0 Å². The van der Waals surface area contributed by atoms with Crippen LogP contribution in [0.4, 0.5) is 10.3 Å². The van der Waals surface area contributed by atoms with Crippen LogP contribution in [0.15, 0.2) is 24.8 Å². The predicted octanol–water partition coefficient (Wildman–Crippen LogP) is 1.46. The maximum absolute atomic E-state index is 14.2. The molecule has 0 saturated carbocycles. The molecule has 3 aromatic rings. The molecule has 0 amide bonds. The molecule has 0 aliphatic carbocycles. The summed E-state index contributed by atoms with van der Waals surface area (Å²) >= 11 is 0. The zero-order valence-electron chi connectivity index (χ0n) is 11.4. The van der Waals surface area contributed by atoms with Gasteiger partial charge in [-0.25, -0.2) is 9.37 Å². The van der Waals surface area contributed by atoms with Gasteiger partial charge in [0.15, 0.2) is 5.82 Å². The number of aryl methyl sites for hydroxylation is 2. The topological polar surface area (TPSA) is 95.4 Å². The molecule has 0 fully saturated rings. The van der Waals surface area contributed by atoms with Gasteiger partial charge >= 0.3 is 0 Å². The number of benzene rings is 1. The molecule has 0 unspecified atom stereocenters. The van der Waals surface area contributed by atoms with E-state index in [4.69, 9.17) is 5.73 Å². The van der Waals surface area contributed by atoms with Crippen molar-refractivity contribution in [3.8, 4) is 17.3 Å². The van der Waals surface area contributed by atoms with Gasteiger partial charge in [-0.05, 0) is 31.0 Å². The molecule has 0 aliphatic rings. The SMILES string of the molecule is Cc1cc(C)c(-c2nc(N)nc(-n3cncn3)n2)c(F)c1. The van der Waals surface area contributed by atoms with E-state index in [-0.39, 0.29) is 17.7 Å². The summed E-state index contributed by atoms with van der Waals surface area (Å²) < 4.78 is 15.6. The summed E-state index contributed by atoms with van der Waals surface area (Å²) in [5.41, 5.74) is 7.54. The number of aromatic nitrogens is 6. The Morgan fingerprint density at radius 3 is 2.62 bits per heavy atom. The van der Waals surface area contributed by atoms with Crippen molar-refractivity contribution in [2.75, 3.05) is 5.73 Å². The Balaban J connectivity index is 2.20. The highest BCUT2D eigenvalue weighted by molar-refractivity contribution is 5.62. The van der Waals surface area contributed by atoms with Crippen molar-refractivity contribution in [2.24, 2.45) is 0 Å². The highest BCUT2D eigenvalue weighted by atomic mass is 19.1. The molecule has 7 nitrogen and oxygen atoms in total. The number of nitrogen functional groups attached to an aromatic ring is 1. The van der Waals surface area contributed by atoms with Crippen molar-refractivity contribution in [2.45, 2.75) is 13.8 Å². The van der Waals surface area contributed by atoms with Crippen LogP contribution in [0.2, 0.25) is 0 Å². The van der Waals surface area contributed by atoms with Crippen molar-refractivity contribution < 1.29 is 4.39 Å². The van der Waals surface area contributed by atoms with Gasteiger partial charge in [-0.3, -0.25) is 0 Å². The molecule has 0 spiro atoms. The summed E-state index contributed by atoms with van der Waals surface area (Å²) in [5, 5.41) is 3.92. The Kier molecular flexibility index (Phi) is 3.05. The van der Waals surface area contributed by atoms with E-state index in [9.17, 15) is 4.39 Å². The summed E-state index contributed by atoms with van der Waals surface area (Å²) in [6.45, 7) is 3.61. The molecular weight excluding hydrogens is 273 g/mol. The lowest BCUT2D eigenvalue weighted by Crippen LogP contribution is -2.09. The molecular formula is C13H12FN7. The third kappa shape index (κ3) is 2.42. The summed E-state index contributed by atoms with van der Waals surface area (Å²) in [6, 6.07) is 3.28. The first-order valence-electron chi connectivity index (χ1n) is 6.18. The van der Waals surface area contributed by atoms with Gasteiger partial charge in [0.25, 0.3) is 5.95 Å². The fourth-order valence-electron chi connectivity index (χ4n) is 2.11. The quantitative estimate of drug-likeness (QED) is 0.765. The number of rotatable bonds is 2. The van der Waals surface area contributed by atoms with E-state index in [0.29, 0.717) is 5.56 Å². The van der Waals surface area contributed by atoms with Gasteiger partial charge in [-0.15, -0.1) is 0 Å². The third-order valence-electron chi connectivity index (χ3n) is 2.92. The van der Waals surface area contributed by atoms with Crippen LogP contribution >= 0.6 is 0 Å². The van der Waals surface area contributed by atoms with Crippen LogP contribution < -0.4 is 5.73 Å². The lowest BCUT2D eigenvalue weighted by atomic mass is 10.0. The molecule has 0 bridgehead atoms. The van der Waals surface area contributed by atoms with Gasteiger partial charge < -0.3 is 5.73 Å². The minimum absolute atomic E-state index is 0.00937. The maximum atomic E-state index is 14.2. The molecule has 21 heavy (non-hydrogen) atoms. The zero-order valence-corrected chi connectivity index (χ0v) is 11.4. The normalized spacial score (nSPS) is 10.8. The first-order chi connectivity index (χ1) is 10.0. The summed E-state index contributed by atoms with van der Waals surface area (Å²) in [6.07, 6.45) is 2.77. The fourth-order valence-corrected chi connectivity index (χ4v) is 2.11.